The lowest BCUT2D eigenvalue weighted by Crippen LogP contribution is -2.44. The molecule has 2 aromatic carbocycles. The van der Waals surface area contributed by atoms with Crippen LogP contribution in [0.4, 0.5) is 5.82 Å². The maximum Gasteiger partial charge on any atom is 0.199 e. The number of H-pyrrole nitrogens is 1. The van der Waals surface area contributed by atoms with Gasteiger partial charge in [-0.3, -0.25) is 15.0 Å². The van der Waals surface area contributed by atoms with E-state index in [1.807, 2.05) is 36.4 Å². The Morgan fingerprint density at radius 2 is 1.45 bits per heavy atom. The van der Waals surface area contributed by atoms with E-state index in [9.17, 15) is 0 Å². The molecule has 0 bridgehead atoms. The van der Waals surface area contributed by atoms with Crippen molar-refractivity contribution in [3.05, 3.63) is 103 Å². The molecule has 0 atom stereocenters. The largest absolute Gasteiger partial charge is 0.354 e. The number of piperazine rings is 1. The Bertz CT molecular complexity index is 1940. The number of anilines is 1. The molecule has 0 spiro atoms. The molecule has 0 unspecified atom stereocenters. The summed E-state index contributed by atoms with van der Waals surface area (Å²) in [4.78, 5) is 31.6. The number of likely N-dealkylation sites (tertiary alicyclic amines) is 1. The van der Waals surface area contributed by atoms with Crippen LogP contribution >= 0.6 is 0 Å². The van der Waals surface area contributed by atoms with Gasteiger partial charge in [0.2, 0.25) is 0 Å². The summed E-state index contributed by atoms with van der Waals surface area (Å²) in [6.07, 6.45) is 3.87. The zero-order valence-electron chi connectivity index (χ0n) is 26.6. The number of pyridine rings is 2. The second-order valence-corrected chi connectivity index (χ2v) is 12.6. The number of nitrogens with one attached hydrogen (secondary N) is 1. The lowest BCUT2D eigenvalue weighted by atomic mass is 9.95. The molecule has 4 aromatic heterocycles. The number of aromatic amines is 1. The molecule has 10 nitrogen and oxygen atoms in total. The third-order valence-electron chi connectivity index (χ3n) is 9.39. The molecule has 1 N–H and O–H groups in total. The number of rotatable bonds is 7. The van der Waals surface area contributed by atoms with Crippen molar-refractivity contribution in [1.82, 2.24) is 44.9 Å². The molecule has 236 valence electrons. The normalized spacial score (nSPS) is 16.6. The second kappa shape index (κ2) is 13.0. The quantitative estimate of drug-likeness (QED) is 0.241. The number of piperidine rings is 1. The van der Waals surface area contributed by atoms with Crippen LogP contribution in [0.5, 0.6) is 0 Å². The van der Waals surface area contributed by atoms with Gasteiger partial charge in [0.1, 0.15) is 22.9 Å². The van der Waals surface area contributed by atoms with Crippen LogP contribution in [0.2, 0.25) is 0 Å². The lowest BCUT2D eigenvalue weighted by molar-refractivity contribution is 0.202. The van der Waals surface area contributed by atoms with Crippen molar-refractivity contribution in [1.29, 1.82) is 0 Å². The lowest BCUT2D eigenvalue weighted by Gasteiger charge is -2.33. The Morgan fingerprint density at radius 1 is 0.702 bits per heavy atom. The molecular weight excluding hydrogens is 584 g/mol. The first-order valence-electron chi connectivity index (χ1n) is 16.5. The van der Waals surface area contributed by atoms with Crippen LogP contribution in [0, 0.1) is 0 Å². The van der Waals surface area contributed by atoms with E-state index >= 15 is 0 Å². The van der Waals surface area contributed by atoms with Crippen molar-refractivity contribution in [2.75, 3.05) is 51.2 Å². The Kier molecular flexibility index (Phi) is 8.10. The molecule has 2 saturated heterocycles. The van der Waals surface area contributed by atoms with Gasteiger partial charge in [-0.2, -0.15) is 5.10 Å². The third-order valence-corrected chi connectivity index (χ3v) is 9.39. The van der Waals surface area contributed by atoms with Gasteiger partial charge in [0, 0.05) is 56.0 Å². The van der Waals surface area contributed by atoms with Crippen LogP contribution in [0.3, 0.4) is 0 Å². The van der Waals surface area contributed by atoms with Gasteiger partial charge < -0.3 is 9.80 Å². The Morgan fingerprint density at radius 3 is 2.21 bits per heavy atom. The highest BCUT2D eigenvalue weighted by Crippen LogP contribution is 2.32. The molecular formula is C37H38N10. The number of hydrogen-bond donors (Lipinski definition) is 1. The first-order chi connectivity index (χ1) is 23.2. The van der Waals surface area contributed by atoms with E-state index in [-0.39, 0.29) is 0 Å². The average Bonchev–Trinajstić information content (AvgIpc) is 3.63. The van der Waals surface area contributed by atoms with Crippen molar-refractivity contribution < 1.29 is 0 Å². The standard InChI is InChI=1S/C37H38N10/c1-45-21-23-47(24-22-45)32-15-14-31-36(40-32)41-34(27-7-3-2-4-8-27)33(39-31)28-12-10-26(11-13-28)25-46-19-16-29(17-20-46)35-42-37(44-43-35)30-9-5-6-18-38-30/h2-15,18,29H,16-17,19-25H2,1H3,(H,42,43,44). The Labute approximate surface area is 274 Å². The van der Waals surface area contributed by atoms with Crippen LogP contribution in [-0.4, -0.2) is 91.2 Å². The minimum Gasteiger partial charge on any atom is -0.354 e. The van der Waals surface area contributed by atoms with Gasteiger partial charge in [0.15, 0.2) is 11.5 Å². The molecule has 0 saturated carbocycles. The molecule has 2 fully saturated rings. The minimum atomic E-state index is 0.383. The SMILES string of the molecule is CN1CCN(c2ccc3nc(-c4ccc(CN5CCC(c6nc(-c7ccccn7)n[nH]6)CC5)cc4)c(-c4ccccc4)nc3n2)CC1. The maximum atomic E-state index is 5.14. The molecule has 0 radical (unpaired) electrons. The van der Waals surface area contributed by atoms with Gasteiger partial charge in [-0.05, 0) is 62.8 Å². The van der Waals surface area contributed by atoms with Crippen LogP contribution in [0.15, 0.2) is 91.1 Å². The summed E-state index contributed by atoms with van der Waals surface area (Å²) < 4.78 is 0. The summed E-state index contributed by atoms with van der Waals surface area (Å²) in [5, 5.41) is 7.59. The fourth-order valence-corrected chi connectivity index (χ4v) is 6.60. The van der Waals surface area contributed by atoms with Crippen molar-refractivity contribution in [2.24, 2.45) is 0 Å². The van der Waals surface area contributed by atoms with Gasteiger partial charge in [0.25, 0.3) is 0 Å². The van der Waals surface area contributed by atoms with Crippen LogP contribution < -0.4 is 4.90 Å². The van der Waals surface area contributed by atoms with E-state index in [0.717, 1.165) is 104 Å². The summed E-state index contributed by atoms with van der Waals surface area (Å²) >= 11 is 0. The molecule has 47 heavy (non-hydrogen) atoms. The summed E-state index contributed by atoms with van der Waals surface area (Å²) in [7, 11) is 2.17. The van der Waals surface area contributed by atoms with E-state index in [1.54, 1.807) is 6.20 Å². The maximum absolute atomic E-state index is 5.14. The van der Waals surface area contributed by atoms with Gasteiger partial charge in [-0.1, -0.05) is 60.7 Å². The molecule has 0 aliphatic carbocycles. The van der Waals surface area contributed by atoms with E-state index in [1.165, 1.54) is 5.56 Å². The van der Waals surface area contributed by atoms with Gasteiger partial charge in [-0.15, -0.1) is 0 Å². The predicted octanol–water partition coefficient (Wildman–Crippen LogP) is 5.67. The van der Waals surface area contributed by atoms with E-state index < -0.39 is 0 Å². The second-order valence-electron chi connectivity index (χ2n) is 12.6. The van der Waals surface area contributed by atoms with Crippen molar-refractivity contribution in [3.63, 3.8) is 0 Å². The van der Waals surface area contributed by atoms with Crippen molar-refractivity contribution >= 4 is 17.0 Å². The predicted molar refractivity (Wildman–Crippen MR) is 185 cm³/mol. The number of benzene rings is 2. The van der Waals surface area contributed by atoms with Gasteiger partial charge in [0.05, 0.1) is 11.4 Å². The number of fused-ring (bicyclic) bond motifs is 1. The van der Waals surface area contributed by atoms with Crippen molar-refractivity contribution in [3.8, 4) is 34.0 Å². The zero-order valence-corrected chi connectivity index (χ0v) is 26.6. The molecule has 2 aliphatic rings. The molecule has 8 rings (SSSR count). The monoisotopic (exact) mass is 622 g/mol. The first-order valence-corrected chi connectivity index (χ1v) is 16.5. The van der Waals surface area contributed by atoms with Gasteiger partial charge >= 0.3 is 0 Å². The average molecular weight is 623 g/mol. The van der Waals surface area contributed by atoms with Crippen LogP contribution in [-0.2, 0) is 6.54 Å². The number of nitrogens with zero attached hydrogens (tertiary/aromatic N) is 9. The Balaban J connectivity index is 0.981. The molecule has 0 amide bonds. The number of likely N-dealkylation sites (N-methyl/N-ethyl adjacent to an activating group) is 1. The van der Waals surface area contributed by atoms with Crippen LogP contribution in [0.25, 0.3) is 45.2 Å². The zero-order chi connectivity index (χ0) is 31.6. The number of aromatic nitrogens is 7. The summed E-state index contributed by atoms with van der Waals surface area (Å²) in [6.45, 7) is 6.94. The fraction of sp³-hybridized carbons (Fsp3) is 0.297. The number of hydrogen-bond acceptors (Lipinski definition) is 9. The van der Waals surface area contributed by atoms with Crippen LogP contribution in [0.1, 0.15) is 30.1 Å². The fourth-order valence-electron chi connectivity index (χ4n) is 6.60. The van der Waals surface area contributed by atoms with Crippen molar-refractivity contribution in [2.45, 2.75) is 25.3 Å². The summed E-state index contributed by atoms with van der Waals surface area (Å²) in [6, 6.07) is 29.1. The smallest absolute Gasteiger partial charge is 0.199 e. The molecule has 2 aliphatic heterocycles. The minimum absolute atomic E-state index is 0.383. The topological polar surface area (TPSA) is 103 Å². The highest BCUT2D eigenvalue weighted by molar-refractivity contribution is 5.85. The highest BCUT2D eigenvalue weighted by Gasteiger charge is 2.24. The third kappa shape index (κ3) is 6.34. The molecule has 10 heteroatoms. The summed E-state index contributed by atoms with van der Waals surface area (Å²) in [5.74, 6) is 2.98. The Hall–Kier alpha value is -5.06. The van der Waals surface area contributed by atoms with E-state index in [0.29, 0.717) is 17.4 Å². The molecule has 6 heterocycles. The van der Waals surface area contributed by atoms with Gasteiger partial charge in [-0.25, -0.2) is 19.9 Å². The molecule has 6 aromatic rings. The first kappa shape index (κ1) is 29.3. The highest BCUT2D eigenvalue weighted by atomic mass is 15.3. The van der Waals surface area contributed by atoms with E-state index in [2.05, 4.69) is 85.5 Å². The summed E-state index contributed by atoms with van der Waals surface area (Å²) in [5.41, 5.74) is 7.40. The van der Waals surface area contributed by atoms with E-state index in [4.69, 9.17) is 19.9 Å².